The molecule has 0 aliphatic heterocycles. The number of para-hydroxylation sites is 1. The Morgan fingerprint density at radius 2 is 1.88 bits per heavy atom. The second kappa shape index (κ2) is 8.98. The molecule has 26 heavy (non-hydrogen) atoms. The molecular weight excluding hydrogens is 334 g/mol. The zero-order chi connectivity index (χ0) is 19.1. The van der Waals surface area contributed by atoms with Gasteiger partial charge in [0.25, 0.3) is 5.91 Å². The highest BCUT2D eigenvalue weighted by Gasteiger charge is 2.17. The zero-order valence-electron chi connectivity index (χ0n) is 15.6. The number of nitrogens with one attached hydrogen (secondary N) is 2. The lowest BCUT2D eigenvalue weighted by Gasteiger charge is -2.12. The number of alkyl carbamates (subject to hydrolysis) is 1. The summed E-state index contributed by atoms with van der Waals surface area (Å²) in [5, 5.41) is 9.56. The van der Waals surface area contributed by atoms with E-state index in [0.717, 1.165) is 11.3 Å². The SMILES string of the molecule is CCOC(=O)NCCNC(=O)c1nc(C)n(-c2ccccc2C(C)C)n1. The Morgan fingerprint density at radius 1 is 1.19 bits per heavy atom. The van der Waals surface area contributed by atoms with Crippen molar-refractivity contribution in [2.45, 2.75) is 33.6 Å². The van der Waals surface area contributed by atoms with E-state index in [4.69, 9.17) is 4.74 Å². The molecule has 0 unspecified atom stereocenters. The van der Waals surface area contributed by atoms with Crippen LogP contribution in [0.4, 0.5) is 4.79 Å². The second-order valence-corrected chi connectivity index (χ2v) is 6.01. The van der Waals surface area contributed by atoms with Gasteiger partial charge < -0.3 is 15.4 Å². The van der Waals surface area contributed by atoms with Crippen molar-refractivity contribution in [1.82, 2.24) is 25.4 Å². The molecule has 0 aliphatic carbocycles. The quantitative estimate of drug-likeness (QED) is 0.738. The fraction of sp³-hybridized carbons (Fsp3) is 0.444. The maximum Gasteiger partial charge on any atom is 0.407 e. The van der Waals surface area contributed by atoms with Gasteiger partial charge in [0.15, 0.2) is 0 Å². The Labute approximate surface area is 153 Å². The summed E-state index contributed by atoms with van der Waals surface area (Å²) in [5.74, 6) is 0.658. The number of ether oxygens (including phenoxy) is 1. The molecule has 2 N–H and O–H groups in total. The average Bonchev–Trinajstić information content (AvgIpc) is 3.00. The summed E-state index contributed by atoms with van der Waals surface area (Å²) in [7, 11) is 0. The minimum atomic E-state index is -0.509. The van der Waals surface area contributed by atoms with Crippen molar-refractivity contribution in [2.24, 2.45) is 0 Å². The molecule has 8 nitrogen and oxygen atoms in total. The first kappa shape index (κ1) is 19.4. The van der Waals surface area contributed by atoms with E-state index in [0.29, 0.717) is 18.3 Å². The molecule has 0 bridgehead atoms. The highest BCUT2D eigenvalue weighted by atomic mass is 16.5. The summed E-state index contributed by atoms with van der Waals surface area (Å²) < 4.78 is 6.42. The highest BCUT2D eigenvalue weighted by molar-refractivity contribution is 5.90. The lowest BCUT2D eigenvalue weighted by molar-refractivity contribution is 0.0942. The van der Waals surface area contributed by atoms with Gasteiger partial charge in [-0.3, -0.25) is 4.79 Å². The van der Waals surface area contributed by atoms with Crippen molar-refractivity contribution in [3.8, 4) is 5.69 Å². The number of carbonyl (C=O) groups excluding carboxylic acids is 2. The van der Waals surface area contributed by atoms with Crippen LogP contribution in [0.2, 0.25) is 0 Å². The lowest BCUT2D eigenvalue weighted by Crippen LogP contribution is -2.35. The van der Waals surface area contributed by atoms with Gasteiger partial charge >= 0.3 is 6.09 Å². The van der Waals surface area contributed by atoms with Crippen LogP contribution in [0.5, 0.6) is 0 Å². The molecule has 1 aromatic heterocycles. The molecule has 2 aromatic rings. The van der Waals surface area contributed by atoms with Crippen LogP contribution in [0.3, 0.4) is 0 Å². The van der Waals surface area contributed by atoms with Crippen LogP contribution in [-0.2, 0) is 4.74 Å². The van der Waals surface area contributed by atoms with E-state index in [1.54, 1.807) is 11.6 Å². The minimum Gasteiger partial charge on any atom is -0.450 e. The molecule has 1 aromatic carbocycles. The maximum absolute atomic E-state index is 12.2. The molecule has 2 amide bonds. The first-order valence-electron chi connectivity index (χ1n) is 8.65. The van der Waals surface area contributed by atoms with Crippen LogP contribution in [0, 0.1) is 6.92 Å². The highest BCUT2D eigenvalue weighted by Crippen LogP contribution is 2.23. The Kier molecular flexibility index (Phi) is 6.71. The van der Waals surface area contributed by atoms with Crippen LogP contribution in [0.1, 0.15) is 48.7 Å². The third kappa shape index (κ3) is 4.81. The molecule has 2 rings (SSSR count). The monoisotopic (exact) mass is 359 g/mol. The standard InChI is InChI=1S/C18H25N5O3/c1-5-26-18(25)20-11-10-19-17(24)16-21-13(4)23(22-16)15-9-7-6-8-14(15)12(2)3/h6-9,12H,5,10-11H2,1-4H3,(H,19,24)(H,20,25). The van der Waals surface area contributed by atoms with Crippen molar-refractivity contribution in [3.63, 3.8) is 0 Å². The van der Waals surface area contributed by atoms with Crippen LogP contribution >= 0.6 is 0 Å². The summed E-state index contributed by atoms with van der Waals surface area (Å²) in [4.78, 5) is 27.7. The van der Waals surface area contributed by atoms with E-state index in [9.17, 15) is 9.59 Å². The van der Waals surface area contributed by atoms with E-state index < -0.39 is 6.09 Å². The minimum absolute atomic E-state index is 0.0946. The van der Waals surface area contributed by atoms with E-state index in [-0.39, 0.29) is 24.8 Å². The number of rotatable bonds is 7. The molecule has 0 radical (unpaired) electrons. The Balaban J connectivity index is 2.04. The topological polar surface area (TPSA) is 98.1 Å². The van der Waals surface area contributed by atoms with Gasteiger partial charge in [-0.25, -0.2) is 14.5 Å². The summed E-state index contributed by atoms with van der Waals surface area (Å²) in [6, 6.07) is 7.92. The summed E-state index contributed by atoms with van der Waals surface area (Å²) in [6.45, 7) is 8.57. The van der Waals surface area contributed by atoms with Crippen LogP contribution in [0.15, 0.2) is 24.3 Å². The van der Waals surface area contributed by atoms with E-state index in [2.05, 4.69) is 34.6 Å². The third-order valence-corrected chi connectivity index (χ3v) is 3.71. The molecule has 0 saturated heterocycles. The predicted molar refractivity (Wildman–Crippen MR) is 97.5 cm³/mol. The fourth-order valence-electron chi connectivity index (χ4n) is 2.48. The Bertz CT molecular complexity index is 770. The van der Waals surface area contributed by atoms with Gasteiger partial charge in [-0.15, -0.1) is 5.10 Å². The van der Waals surface area contributed by atoms with Gasteiger partial charge in [-0.2, -0.15) is 0 Å². The molecule has 0 atom stereocenters. The number of hydrogen-bond acceptors (Lipinski definition) is 5. The smallest absolute Gasteiger partial charge is 0.407 e. The molecule has 0 spiro atoms. The van der Waals surface area contributed by atoms with E-state index in [1.165, 1.54) is 0 Å². The van der Waals surface area contributed by atoms with Gasteiger partial charge in [0.1, 0.15) is 5.82 Å². The molecule has 0 fully saturated rings. The number of benzene rings is 1. The summed E-state index contributed by atoms with van der Waals surface area (Å²) >= 11 is 0. The van der Waals surface area contributed by atoms with Gasteiger partial charge in [-0.05, 0) is 31.4 Å². The van der Waals surface area contributed by atoms with Crippen LogP contribution in [-0.4, -0.2) is 46.5 Å². The van der Waals surface area contributed by atoms with Crippen LogP contribution < -0.4 is 10.6 Å². The normalized spacial score (nSPS) is 10.7. The van der Waals surface area contributed by atoms with Crippen molar-refractivity contribution in [3.05, 3.63) is 41.5 Å². The van der Waals surface area contributed by atoms with Crippen LogP contribution in [0.25, 0.3) is 5.69 Å². The average molecular weight is 359 g/mol. The van der Waals surface area contributed by atoms with Crippen molar-refractivity contribution >= 4 is 12.0 Å². The van der Waals surface area contributed by atoms with Gasteiger partial charge in [0.2, 0.25) is 5.82 Å². The zero-order valence-corrected chi connectivity index (χ0v) is 15.6. The van der Waals surface area contributed by atoms with E-state index in [1.807, 2.05) is 31.2 Å². The molecule has 0 aliphatic rings. The van der Waals surface area contributed by atoms with Crippen molar-refractivity contribution in [1.29, 1.82) is 0 Å². The lowest BCUT2D eigenvalue weighted by atomic mass is 10.0. The predicted octanol–water partition coefficient (Wildman–Crippen LogP) is 2.18. The molecule has 1 heterocycles. The van der Waals surface area contributed by atoms with Gasteiger partial charge in [0.05, 0.1) is 12.3 Å². The molecule has 8 heteroatoms. The second-order valence-electron chi connectivity index (χ2n) is 6.01. The number of aromatic nitrogens is 3. The first-order valence-corrected chi connectivity index (χ1v) is 8.65. The third-order valence-electron chi connectivity index (χ3n) is 3.71. The number of hydrogen-bond donors (Lipinski definition) is 2. The number of amides is 2. The Morgan fingerprint density at radius 3 is 2.58 bits per heavy atom. The summed E-state index contributed by atoms with van der Waals surface area (Å²) in [5.41, 5.74) is 2.04. The number of aryl methyl sites for hydroxylation is 1. The van der Waals surface area contributed by atoms with Gasteiger partial charge in [0, 0.05) is 13.1 Å². The fourth-order valence-corrected chi connectivity index (χ4v) is 2.48. The molecule has 140 valence electrons. The van der Waals surface area contributed by atoms with Gasteiger partial charge in [-0.1, -0.05) is 32.0 Å². The number of carbonyl (C=O) groups is 2. The Hall–Kier alpha value is -2.90. The molecular formula is C18H25N5O3. The number of nitrogens with zero attached hydrogens (tertiary/aromatic N) is 3. The van der Waals surface area contributed by atoms with Crippen molar-refractivity contribution < 1.29 is 14.3 Å². The maximum atomic E-state index is 12.2. The first-order chi connectivity index (χ1) is 12.4. The van der Waals surface area contributed by atoms with Crippen molar-refractivity contribution in [2.75, 3.05) is 19.7 Å². The van der Waals surface area contributed by atoms with E-state index >= 15 is 0 Å². The largest absolute Gasteiger partial charge is 0.450 e. The summed E-state index contributed by atoms with van der Waals surface area (Å²) in [6.07, 6.45) is -0.509. The molecule has 0 saturated carbocycles.